The van der Waals surface area contributed by atoms with E-state index in [9.17, 15) is 4.79 Å². The highest BCUT2D eigenvalue weighted by molar-refractivity contribution is 6.36. The third kappa shape index (κ3) is 3.87. The summed E-state index contributed by atoms with van der Waals surface area (Å²) in [6.07, 6.45) is 0. The van der Waals surface area contributed by atoms with Gasteiger partial charge < -0.3 is 11.1 Å². The molecule has 1 atom stereocenters. The molecule has 0 aliphatic heterocycles. The van der Waals surface area contributed by atoms with E-state index in [1.807, 2.05) is 13.8 Å². The Kier molecular flexibility index (Phi) is 5.25. The van der Waals surface area contributed by atoms with E-state index in [0.29, 0.717) is 28.1 Å². The monoisotopic (exact) mass is 274 g/mol. The van der Waals surface area contributed by atoms with Gasteiger partial charge in [0, 0.05) is 15.6 Å². The number of halogens is 2. The molecule has 17 heavy (non-hydrogen) atoms. The van der Waals surface area contributed by atoms with Crippen LogP contribution in [0.4, 0.5) is 0 Å². The molecule has 3 N–H and O–H groups in total. The number of carbonyl (C=O) groups excluding carboxylic acids is 1. The van der Waals surface area contributed by atoms with Crippen molar-refractivity contribution < 1.29 is 4.79 Å². The van der Waals surface area contributed by atoms with Crippen molar-refractivity contribution in [3.63, 3.8) is 0 Å². The number of primary amides is 1. The first kappa shape index (κ1) is 14.3. The Bertz CT molecular complexity index is 387. The van der Waals surface area contributed by atoms with E-state index in [0.717, 1.165) is 0 Å². The Balaban J connectivity index is 3.01. The summed E-state index contributed by atoms with van der Waals surface area (Å²) in [4.78, 5) is 11.5. The number of nitrogens with one attached hydrogen (secondary N) is 1. The van der Waals surface area contributed by atoms with Crippen molar-refractivity contribution in [1.29, 1.82) is 0 Å². The number of rotatable bonds is 5. The second-order valence-electron chi connectivity index (χ2n) is 4.27. The predicted molar refractivity (Wildman–Crippen MR) is 71.2 cm³/mol. The molecule has 1 aromatic carbocycles. The second kappa shape index (κ2) is 6.24. The fourth-order valence-corrected chi connectivity index (χ4v) is 2.10. The van der Waals surface area contributed by atoms with E-state index in [1.165, 1.54) is 0 Å². The van der Waals surface area contributed by atoms with Crippen LogP contribution in [-0.2, 0) is 4.79 Å². The minimum absolute atomic E-state index is 0.401. The molecule has 0 aliphatic rings. The standard InChI is InChI=1S/C12H16Cl2N2O/c1-7(2)6-16-11(12(15)17)10-8(13)4-3-5-9(10)14/h3-5,7,11,16H,6H2,1-2H3,(H2,15,17). The van der Waals surface area contributed by atoms with Crippen LogP contribution >= 0.6 is 23.2 Å². The van der Waals surface area contributed by atoms with Crippen molar-refractivity contribution in [2.24, 2.45) is 11.7 Å². The molecule has 0 bridgehead atoms. The third-order valence-corrected chi connectivity index (χ3v) is 2.96. The molecule has 1 amide bonds. The number of carbonyl (C=O) groups is 1. The van der Waals surface area contributed by atoms with Crippen molar-refractivity contribution in [3.8, 4) is 0 Å². The first-order valence-corrected chi connectivity index (χ1v) is 6.15. The summed E-state index contributed by atoms with van der Waals surface area (Å²) in [6.45, 7) is 4.74. The van der Waals surface area contributed by atoms with Gasteiger partial charge in [-0.3, -0.25) is 4.79 Å². The maximum absolute atomic E-state index is 11.5. The van der Waals surface area contributed by atoms with Gasteiger partial charge in [0.25, 0.3) is 0 Å². The lowest BCUT2D eigenvalue weighted by Gasteiger charge is -2.19. The zero-order valence-electron chi connectivity index (χ0n) is 9.84. The molecule has 0 radical (unpaired) electrons. The maximum atomic E-state index is 11.5. The molecular formula is C12H16Cl2N2O. The molecule has 0 saturated heterocycles. The quantitative estimate of drug-likeness (QED) is 0.868. The van der Waals surface area contributed by atoms with Crippen LogP contribution in [0, 0.1) is 5.92 Å². The van der Waals surface area contributed by atoms with E-state index < -0.39 is 11.9 Å². The molecule has 94 valence electrons. The topological polar surface area (TPSA) is 55.1 Å². The number of hydrogen-bond donors (Lipinski definition) is 2. The largest absolute Gasteiger partial charge is 0.368 e. The molecule has 0 fully saturated rings. The van der Waals surface area contributed by atoms with Crippen molar-refractivity contribution >= 4 is 29.1 Å². The van der Waals surface area contributed by atoms with Gasteiger partial charge in [-0.05, 0) is 24.6 Å². The molecule has 5 heteroatoms. The number of amides is 1. The number of nitrogens with two attached hydrogens (primary N) is 1. The highest BCUT2D eigenvalue weighted by atomic mass is 35.5. The zero-order chi connectivity index (χ0) is 13.0. The number of hydrogen-bond acceptors (Lipinski definition) is 2. The molecule has 1 aromatic rings. The summed E-state index contributed by atoms with van der Waals surface area (Å²) in [5, 5.41) is 3.96. The van der Waals surface area contributed by atoms with Crippen LogP contribution in [0.1, 0.15) is 25.5 Å². The Hall–Kier alpha value is -0.770. The van der Waals surface area contributed by atoms with Crippen molar-refractivity contribution in [1.82, 2.24) is 5.32 Å². The van der Waals surface area contributed by atoms with Crippen molar-refractivity contribution in [2.75, 3.05) is 6.54 Å². The first-order chi connectivity index (χ1) is 7.93. The molecule has 3 nitrogen and oxygen atoms in total. The van der Waals surface area contributed by atoms with Crippen LogP contribution in [-0.4, -0.2) is 12.5 Å². The third-order valence-electron chi connectivity index (χ3n) is 2.30. The second-order valence-corrected chi connectivity index (χ2v) is 5.09. The average Bonchev–Trinajstić information content (AvgIpc) is 2.21. The van der Waals surface area contributed by atoms with Crippen molar-refractivity contribution in [3.05, 3.63) is 33.8 Å². The van der Waals surface area contributed by atoms with Gasteiger partial charge in [0.15, 0.2) is 0 Å². The summed E-state index contributed by atoms with van der Waals surface area (Å²) >= 11 is 12.1. The van der Waals surface area contributed by atoms with E-state index in [2.05, 4.69) is 5.32 Å². The van der Waals surface area contributed by atoms with Crippen LogP contribution in [0.25, 0.3) is 0 Å². The summed E-state index contributed by atoms with van der Waals surface area (Å²) < 4.78 is 0. The Labute approximate surface area is 111 Å². The molecule has 1 unspecified atom stereocenters. The zero-order valence-corrected chi connectivity index (χ0v) is 11.3. The lowest BCUT2D eigenvalue weighted by atomic mass is 10.1. The van der Waals surface area contributed by atoms with Crippen LogP contribution in [0.2, 0.25) is 10.0 Å². The van der Waals surface area contributed by atoms with Crippen LogP contribution < -0.4 is 11.1 Å². The van der Waals surface area contributed by atoms with Crippen LogP contribution in [0.5, 0.6) is 0 Å². The normalized spacial score (nSPS) is 12.8. The summed E-state index contributed by atoms with van der Waals surface area (Å²) in [6, 6.07) is 4.46. The average molecular weight is 275 g/mol. The minimum atomic E-state index is -0.654. The predicted octanol–water partition coefficient (Wildman–Crippen LogP) is 2.77. The summed E-state index contributed by atoms with van der Waals surface area (Å²) in [7, 11) is 0. The maximum Gasteiger partial charge on any atom is 0.239 e. The first-order valence-electron chi connectivity index (χ1n) is 5.40. The summed E-state index contributed by atoms with van der Waals surface area (Å²) in [5.41, 5.74) is 5.92. The fourth-order valence-electron chi connectivity index (χ4n) is 1.48. The number of benzene rings is 1. The SMILES string of the molecule is CC(C)CNC(C(N)=O)c1c(Cl)cccc1Cl. The Morgan fingerprint density at radius 2 is 1.88 bits per heavy atom. The molecular weight excluding hydrogens is 259 g/mol. The van der Waals surface area contributed by atoms with E-state index in [4.69, 9.17) is 28.9 Å². The van der Waals surface area contributed by atoms with E-state index in [1.54, 1.807) is 18.2 Å². The van der Waals surface area contributed by atoms with Gasteiger partial charge in [-0.1, -0.05) is 43.1 Å². The van der Waals surface area contributed by atoms with Crippen LogP contribution in [0.15, 0.2) is 18.2 Å². The van der Waals surface area contributed by atoms with E-state index in [-0.39, 0.29) is 0 Å². The highest BCUT2D eigenvalue weighted by Gasteiger charge is 2.22. The molecule has 1 rings (SSSR count). The highest BCUT2D eigenvalue weighted by Crippen LogP contribution is 2.30. The summed E-state index contributed by atoms with van der Waals surface area (Å²) in [5.74, 6) is -0.0845. The molecule has 0 aromatic heterocycles. The van der Waals surface area contributed by atoms with Gasteiger partial charge in [0.2, 0.25) is 5.91 Å². The van der Waals surface area contributed by atoms with Gasteiger partial charge in [-0.15, -0.1) is 0 Å². The lowest BCUT2D eigenvalue weighted by Crippen LogP contribution is -2.36. The minimum Gasteiger partial charge on any atom is -0.368 e. The smallest absolute Gasteiger partial charge is 0.239 e. The Morgan fingerprint density at radius 1 is 1.35 bits per heavy atom. The van der Waals surface area contributed by atoms with Crippen molar-refractivity contribution in [2.45, 2.75) is 19.9 Å². The van der Waals surface area contributed by atoms with Gasteiger partial charge in [0.05, 0.1) is 0 Å². The Morgan fingerprint density at radius 3 is 2.29 bits per heavy atom. The molecule has 0 saturated carbocycles. The van der Waals surface area contributed by atoms with Gasteiger partial charge in [0.1, 0.15) is 6.04 Å². The van der Waals surface area contributed by atoms with E-state index >= 15 is 0 Å². The van der Waals surface area contributed by atoms with Gasteiger partial charge >= 0.3 is 0 Å². The van der Waals surface area contributed by atoms with Gasteiger partial charge in [-0.25, -0.2) is 0 Å². The molecule has 0 heterocycles. The molecule has 0 spiro atoms. The van der Waals surface area contributed by atoms with Crippen LogP contribution in [0.3, 0.4) is 0 Å². The lowest BCUT2D eigenvalue weighted by molar-refractivity contribution is -0.120. The molecule has 0 aliphatic carbocycles. The fraction of sp³-hybridized carbons (Fsp3) is 0.417. The van der Waals surface area contributed by atoms with Gasteiger partial charge in [-0.2, -0.15) is 0 Å².